The third-order valence-corrected chi connectivity index (χ3v) is 6.45. The fourth-order valence-corrected chi connectivity index (χ4v) is 4.27. The Hall–Kier alpha value is -2.95. The highest BCUT2D eigenvalue weighted by Gasteiger charge is 2.12. The molecule has 0 atom stereocenters. The average molecular weight is 521 g/mol. The minimum absolute atomic E-state index is 0.0457. The molecule has 3 nitrogen and oxygen atoms in total. The summed E-state index contributed by atoms with van der Waals surface area (Å²) >= 11 is 0. The summed E-state index contributed by atoms with van der Waals surface area (Å²) in [6.45, 7) is 8.85. The molecular formula is C33H44O3S. The van der Waals surface area contributed by atoms with E-state index in [0.29, 0.717) is 5.39 Å². The van der Waals surface area contributed by atoms with Crippen LogP contribution in [-0.4, -0.2) is 13.0 Å². The highest BCUT2D eigenvalue weighted by atomic mass is 32.2. The van der Waals surface area contributed by atoms with Gasteiger partial charge < -0.3 is 0 Å². The van der Waals surface area contributed by atoms with Crippen LogP contribution in [0.4, 0.5) is 0 Å². The molecule has 0 aliphatic carbocycles. The maximum absolute atomic E-state index is 11.0. The Bertz CT molecular complexity index is 1150. The van der Waals surface area contributed by atoms with E-state index in [1.807, 2.05) is 6.07 Å². The van der Waals surface area contributed by atoms with Gasteiger partial charge in [-0.1, -0.05) is 163 Å². The summed E-state index contributed by atoms with van der Waals surface area (Å²) in [7, 11) is -4.13. The molecule has 4 aromatic rings. The van der Waals surface area contributed by atoms with Crippen molar-refractivity contribution in [1.82, 2.24) is 0 Å². The molecule has 0 heterocycles. The molecule has 0 saturated carbocycles. The SMILES string of the molecule is CCCCC.CCCCC.O=S(=O)(O)c1cccc2ccccc12.c1ccc(Cc2ccccc2)cc1. The van der Waals surface area contributed by atoms with E-state index in [-0.39, 0.29) is 4.90 Å². The summed E-state index contributed by atoms with van der Waals surface area (Å²) in [6.07, 6.45) is 9.18. The molecule has 0 aliphatic heterocycles. The summed E-state index contributed by atoms with van der Waals surface area (Å²) in [5.41, 5.74) is 2.74. The van der Waals surface area contributed by atoms with Crippen LogP contribution in [0, 0.1) is 0 Å². The zero-order valence-corrected chi connectivity index (χ0v) is 23.8. The Balaban J connectivity index is 0.000000275. The molecule has 0 bridgehead atoms. The van der Waals surface area contributed by atoms with Crippen molar-refractivity contribution in [3.8, 4) is 0 Å². The average Bonchev–Trinajstić information content (AvgIpc) is 2.91. The summed E-state index contributed by atoms with van der Waals surface area (Å²) < 4.78 is 31.0. The van der Waals surface area contributed by atoms with Gasteiger partial charge in [-0.25, -0.2) is 0 Å². The van der Waals surface area contributed by atoms with Gasteiger partial charge in [0.15, 0.2) is 0 Å². The van der Waals surface area contributed by atoms with Gasteiger partial charge in [0.1, 0.15) is 4.90 Å². The maximum Gasteiger partial charge on any atom is 0.295 e. The lowest BCUT2D eigenvalue weighted by Crippen LogP contribution is -1.98. The van der Waals surface area contributed by atoms with Crippen molar-refractivity contribution in [2.24, 2.45) is 0 Å². The van der Waals surface area contributed by atoms with E-state index in [0.717, 1.165) is 11.8 Å². The predicted molar refractivity (Wildman–Crippen MR) is 160 cm³/mol. The Morgan fingerprint density at radius 2 is 0.946 bits per heavy atom. The first-order valence-electron chi connectivity index (χ1n) is 13.4. The molecule has 0 amide bonds. The second kappa shape index (κ2) is 19.2. The van der Waals surface area contributed by atoms with Gasteiger partial charge >= 0.3 is 0 Å². The minimum atomic E-state index is -4.13. The zero-order chi connectivity index (χ0) is 27.4. The van der Waals surface area contributed by atoms with E-state index in [1.54, 1.807) is 30.3 Å². The summed E-state index contributed by atoms with van der Waals surface area (Å²) in [6, 6.07) is 32.9. The van der Waals surface area contributed by atoms with Crippen molar-refractivity contribution in [1.29, 1.82) is 0 Å². The van der Waals surface area contributed by atoms with Crippen molar-refractivity contribution in [3.63, 3.8) is 0 Å². The summed E-state index contributed by atoms with van der Waals surface area (Å²) in [4.78, 5) is -0.0457. The number of hydrogen-bond donors (Lipinski definition) is 1. The maximum atomic E-state index is 11.0. The van der Waals surface area contributed by atoms with Crippen LogP contribution in [0.5, 0.6) is 0 Å². The molecule has 4 heteroatoms. The van der Waals surface area contributed by atoms with Crippen molar-refractivity contribution in [3.05, 3.63) is 114 Å². The van der Waals surface area contributed by atoms with Crippen molar-refractivity contribution in [2.75, 3.05) is 0 Å². The van der Waals surface area contributed by atoms with Crippen molar-refractivity contribution in [2.45, 2.75) is 77.5 Å². The van der Waals surface area contributed by atoms with Crippen LogP contribution in [0.1, 0.15) is 77.3 Å². The van der Waals surface area contributed by atoms with Crippen LogP contribution >= 0.6 is 0 Å². The van der Waals surface area contributed by atoms with Gasteiger partial charge in [0.05, 0.1) is 0 Å². The molecule has 0 spiro atoms. The van der Waals surface area contributed by atoms with Gasteiger partial charge in [-0.05, 0) is 29.0 Å². The van der Waals surface area contributed by atoms with E-state index in [9.17, 15) is 8.42 Å². The van der Waals surface area contributed by atoms with Gasteiger partial charge in [-0.3, -0.25) is 4.55 Å². The number of fused-ring (bicyclic) bond motifs is 1. The second-order valence-electron chi connectivity index (χ2n) is 8.81. The van der Waals surface area contributed by atoms with E-state index >= 15 is 0 Å². The molecule has 0 aliphatic rings. The topological polar surface area (TPSA) is 54.4 Å². The number of rotatable bonds is 7. The first kappa shape index (κ1) is 32.1. The first-order valence-corrected chi connectivity index (χ1v) is 14.8. The van der Waals surface area contributed by atoms with Crippen LogP contribution < -0.4 is 0 Å². The fraction of sp³-hybridized carbons (Fsp3) is 0.333. The molecule has 1 N–H and O–H groups in total. The highest BCUT2D eigenvalue weighted by Crippen LogP contribution is 2.22. The Kier molecular flexibility index (Phi) is 16.6. The first-order chi connectivity index (χ1) is 17.9. The van der Waals surface area contributed by atoms with E-state index in [2.05, 4.69) is 88.4 Å². The van der Waals surface area contributed by atoms with E-state index in [4.69, 9.17) is 4.55 Å². The van der Waals surface area contributed by atoms with Crippen LogP contribution in [0.3, 0.4) is 0 Å². The standard InChI is InChI=1S/C13H12.C10H8O3S.2C5H12/c1-3-7-12(8-4-1)11-13-9-5-2-6-10-13;11-14(12,13)10-7-3-5-8-4-1-2-6-9(8)10;2*1-3-5-4-2/h1-10H,11H2;1-7H,(H,11,12,13);2*3-5H2,1-2H3. The lowest BCUT2D eigenvalue weighted by Gasteiger charge is -2.02. The van der Waals surface area contributed by atoms with Crippen LogP contribution in [0.2, 0.25) is 0 Å². The molecule has 37 heavy (non-hydrogen) atoms. The number of benzene rings is 4. The third kappa shape index (κ3) is 13.8. The highest BCUT2D eigenvalue weighted by molar-refractivity contribution is 7.86. The van der Waals surface area contributed by atoms with Crippen molar-refractivity contribution < 1.29 is 13.0 Å². The van der Waals surface area contributed by atoms with Gasteiger partial charge in [-0.2, -0.15) is 8.42 Å². The summed E-state index contributed by atoms with van der Waals surface area (Å²) in [5.74, 6) is 0. The predicted octanol–water partition coefficient (Wildman–Crippen LogP) is 9.76. The van der Waals surface area contributed by atoms with E-state index < -0.39 is 10.1 Å². The molecule has 0 unspecified atom stereocenters. The van der Waals surface area contributed by atoms with Gasteiger partial charge in [0, 0.05) is 5.39 Å². The van der Waals surface area contributed by atoms with Crippen LogP contribution in [0.15, 0.2) is 108 Å². The molecule has 200 valence electrons. The summed E-state index contributed by atoms with van der Waals surface area (Å²) in [5, 5.41) is 1.33. The quantitative estimate of drug-likeness (QED) is 0.247. The minimum Gasteiger partial charge on any atom is -0.282 e. The van der Waals surface area contributed by atoms with Gasteiger partial charge in [0.25, 0.3) is 10.1 Å². The Morgan fingerprint density at radius 3 is 1.35 bits per heavy atom. The third-order valence-electron chi connectivity index (χ3n) is 5.54. The molecule has 0 fully saturated rings. The molecule has 0 aromatic heterocycles. The fourth-order valence-electron chi connectivity index (χ4n) is 3.56. The smallest absolute Gasteiger partial charge is 0.282 e. The molecular weight excluding hydrogens is 476 g/mol. The number of unbranched alkanes of at least 4 members (excludes halogenated alkanes) is 4. The molecule has 4 rings (SSSR count). The van der Waals surface area contributed by atoms with Gasteiger partial charge in [-0.15, -0.1) is 0 Å². The zero-order valence-electron chi connectivity index (χ0n) is 22.9. The van der Waals surface area contributed by atoms with Crippen LogP contribution in [-0.2, 0) is 16.5 Å². The lowest BCUT2D eigenvalue weighted by atomic mass is 10.1. The number of hydrogen-bond acceptors (Lipinski definition) is 2. The molecule has 0 radical (unpaired) electrons. The van der Waals surface area contributed by atoms with E-state index in [1.165, 1.54) is 55.7 Å². The molecule has 4 aromatic carbocycles. The largest absolute Gasteiger partial charge is 0.295 e. The Morgan fingerprint density at radius 1 is 0.541 bits per heavy atom. The molecule has 0 saturated heterocycles. The Labute approximate surface area is 225 Å². The van der Waals surface area contributed by atoms with Gasteiger partial charge in [0.2, 0.25) is 0 Å². The van der Waals surface area contributed by atoms with Crippen molar-refractivity contribution >= 4 is 20.9 Å². The monoisotopic (exact) mass is 520 g/mol. The lowest BCUT2D eigenvalue weighted by molar-refractivity contribution is 0.484. The van der Waals surface area contributed by atoms with Crippen LogP contribution in [0.25, 0.3) is 10.8 Å². The second-order valence-corrected chi connectivity index (χ2v) is 10.2. The normalized spacial score (nSPS) is 10.2.